The molecule has 0 aliphatic carbocycles. The Kier molecular flexibility index (Phi) is 9.36. The highest BCUT2D eigenvalue weighted by Crippen LogP contribution is 2.35. The lowest BCUT2D eigenvalue weighted by Crippen LogP contribution is -2.54. The topological polar surface area (TPSA) is 190 Å². The van der Waals surface area contributed by atoms with Crippen molar-refractivity contribution < 1.29 is 43.9 Å². The van der Waals surface area contributed by atoms with Crippen LogP contribution in [0.4, 0.5) is 15.8 Å². The van der Waals surface area contributed by atoms with E-state index < -0.39 is 84.2 Å². The number of hydrogen-bond donors (Lipinski definition) is 3. The molecule has 17 heteroatoms. The fourth-order valence-electron chi connectivity index (χ4n) is 8.98. The lowest BCUT2D eigenvalue weighted by Gasteiger charge is -2.40. The molecule has 10 rings (SSSR count). The van der Waals surface area contributed by atoms with Crippen LogP contribution in [0.5, 0.6) is 0 Å². The first-order chi connectivity index (χ1) is 35.7. The first-order valence-electron chi connectivity index (χ1n) is 26.4. The molecule has 6 heterocycles. The van der Waals surface area contributed by atoms with Gasteiger partial charge in [-0.15, -0.1) is 0 Å². The number of H-pyrrole nitrogens is 1. The smallest absolute Gasteiger partial charge is 0.315 e. The van der Waals surface area contributed by atoms with Gasteiger partial charge in [-0.05, 0) is 96.8 Å². The lowest BCUT2D eigenvalue weighted by molar-refractivity contribution is -0.136. The van der Waals surface area contributed by atoms with Crippen molar-refractivity contribution in [3.8, 4) is 22.4 Å². The maximum Gasteiger partial charge on any atom is 0.315 e. The van der Waals surface area contributed by atoms with E-state index >= 15 is 4.39 Å². The maximum atomic E-state index is 15.9. The summed E-state index contributed by atoms with van der Waals surface area (Å²) in [6.45, 7) is -4.67. The Hall–Kier alpha value is -7.27. The number of amides is 5. The number of anilines is 2. The van der Waals surface area contributed by atoms with Crippen molar-refractivity contribution in [2.24, 2.45) is 5.92 Å². The highest BCUT2D eigenvalue weighted by Gasteiger charge is 2.46. The number of rotatable bonds is 10. The van der Waals surface area contributed by atoms with Crippen molar-refractivity contribution in [1.82, 2.24) is 40.8 Å². The van der Waals surface area contributed by atoms with E-state index in [0.717, 1.165) is 56.2 Å². The molecule has 3 saturated heterocycles. The third-order valence-corrected chi connectivity index (χ3v) is 12.9. The minimum Gasteiger partial charge on any atom is -0.372 e. The monoisotopic (exact) mass is 928 g/mol. The number of fused-ring (bicyclic) bond motifs is 2. The number of hydrogen-bond acceptors (Lipinski definition) is 12. The van der Waals surface area contributed by atoms with Crippen LogP contribution in [0.25, 0.3) is 33.3 Å². The Bertz CT molecular complexity index is 3340. The quantitative estimate of drug-likeness (QED) is 0.129. The number of piperidine rings is 2. The van der Waals surface area contributed by atoms with Crippen LogP contribution in [-0.2, 0) is 21.5 Å². The van der Waals surface area contributed by atoms with Gasteiger partial charge < -0.3 is 19.6 Å². The molecular formula is C51H53FN10O6. The number of nitrogens with zero attached hydrogens (tertiary/aromatic N) is 7. The van der Waals surface area contributed by atoms with Gasteiger partial charge in [-0.25, -0.2) is 4.39 Å². The Morgan fingerprint density at radius 3 is 2.31 bits per heavy atom. The standard InChI is InChI=1S/C51H53FN10O6/c1-29-23-33(5-6-34(29)27-53-46(65)47-55-50(58-68-47)51(2,3)4)44-37-24-32(9-12-40(37)56-57-44)31-7-10-35(11-8-31)60-17-15-30(16-18-60)28-59-19-21-61(22-20-59)36-25-38-43(39(52)26-36)49(67)62(48(38)66)41-13-14-42(63)54-45(41)64/h5-12,23-26,30,41H,13-22,27-28H2,1-4H3,(H,53,65)(H,56,57)(H,54,63,64)/i19D2,20D2,21D2,22D2. The number of halogens is 1. The lowest BCUT2D eigenvalue weighted by atomic mass is 9.95. The van der Waals surface area contributed by atoms with Crippen LogP contribution >= 0.6 is 0 Å². The van der Waals surface area contributed by atoms with Gasteiger partial charge in [0.15, 0.2) is 5.82 Å². The maximum absolute atomic E-state index is 15.9. The van der Waals surface area contributed by atoms with Crippen LogP contribution in [-0.4, -0.2) is 111 Å². The van der Waals surface area contributed by atoms with E-state index in [-0.39, 0.29) is 48.1 Å². The zero-order valence-electron chi connectivity index (χ0n) is 45.7. The normalized spacial score (nSPS) is 23.1. The summed E-state index contributed by atoms with van der Waals surface area (Å²) in [5, 5.41) is 17.5. The highest BCUT2D eigenvalue weighted by atomic mass is 19.1. The van der Waals surface area contributed by atoms with Gasteiger partial charge in [-0.1, -0.05) is 56.3 Å². The molecule has 5 amide bonds. The largest absolute Gasteiger partial charge is 0.372 e. The number of nitrogens with one attached hydrogen (secondary N) is 3. The highest BCUT2D eigenvalue weighted by molar-refractivity contribution is 6.24. The van der Waals surface area contributed by atoms with Crippen LogP contribution in [0.2, 0.25) is 0 Å². The van der Waals surface area contributed by atoms with Gasteiger partial charge in [0, 0.05) is 91.8 Å². The van der Waals surface area contributed by atoms with Crippen molar-refractivity contribution in [2.45, 2.75) is 71.4 Å². The number of piperazine rings is 1. The van der Waals surface area contributed by atoms with Crippen molar-refractivity contribution in [3.63, 3.8) is 0 Å². The molecule has 4 aromatic carbocycles. The van der Waals surface area contributed by atoms with Gasteiger partial charge >= 0.3 is 11.8 Å². The molecule has 0 radical (unpaired) electrons. The minimum atomic E-state index is -3.40. The molecule has 0 bridgehead atoms. The first kappa shape index (κ1) is 35.9. The molecule has 350 valence electrons. The van der Waals surface area contributed by atoms with Gasteiger partial charge in [0.2, 0.25) is 11.8 Å². The first-order valence-corrected chi connectivity index (χ1v) is 22.4. The van der Waals surface area contributed by atoms with Crippen LogP contribution < -0.4 is 20.4 Å². The molecule has 2 aromatic heterocycles. The molecule has 0 saturated carbocycles. The Morgan fingerprint density at radius 1 is 0.868 bits per heavy atom. The summed E-state index contributed by atoms with van der Waals surface area (Å²) in [7, 11) is 0. The van der Waals surface area contributed by atoms with Gasteiger partial charge in [0.05, 0.1) is 27.8 Å². The van der Waals surface area contributed by atoms with Crippen molar-refractivity contribution >= 4 is 51.8 Å². The molecule has 6 aromatic rings. The third-order valence-electron chi connectivity index (χ3n) is 12.9. The Balaban J connectivity index is 0.795. The molecule has 3 N–H and O–H groups in total. The van der Waals surface area contributed by atoms with Crippen LogP contribution in [0.1, 0.15) is 106 Å². The number of benzene rings is 4. The van der Waals surface area contributed by atoms with E-state index in [1.54, 1.807) is 0 Å². The van der Waals surface area contributed by atoms with E-state index in [9.17, 15) is 24.0 Å². The number of carbonyl (C=O) groups excluding carboxylic acids is 5. The molecule has 4 aliphatic rings. The summed E-state index contributed by atoms with van der Waals surface area (Å²) in [6, 6.07) is 19.9. The number of carbonyl (C=O) groups is 5. The van der Waals surface area contributed by atoms with Crippen LogP contribution in [0.15, 0.2) is 77.3 Å². The summed E-state index contributed by atoms with van der Waals surface area (Å²) in [5.41, 5.74) is 4.65. The average molecular weight is 929 g/mol. The summed E-state index contributed by atoms with van der Waals surface area (Å²) < 4.78 is 93.6. The fraction of sp³-hybridized carbons (Fsp3) is 0.373. The molecular weight excluding hydrogens is 868 g/mol. The number of aromatic amines is 1. The van der Waals surface area contributed by atoms with E-state index in [0.29, 0.717) is 47.6 Å². The number of imide groups is 2. The zero-order chi connectivity index (χ0) is 54.6. The zero-order valence-corrected chi connectivity index (χ0v) is 37.7. The minimum absolute atomic E-state index is 0.0955. The van der Waals surface area contributed by atoms with Gasteiger partial charge in [-0.2, -0.15) is 10.1 Å². The number of aryl methyl sites for hydroxylation is 1. The van der Waals surface area contributed by atoms with Gasteiger partial charge in [0.1, 0.15) is 11.9 Å². The fourth-order valence-corrected chi connectivity index (χ4v) is 8.98. The summed E-state index contributed by atoms with van der Waals surface area (Å²) in [6.07, 6.45) is 0.436. The van der Waals surface area contributed by atoms with Crippen molar-refractivity contribution in [1.29, 1.82) is 0 Å². The second-order valence-electron chi connectivity index (χ2n) is 18.5. The third kappa shape index (κ3) is 8.62. The predicted molar refractivity (Wildman–Crippen MR) is 253 cm³/mol. The van der Waals surface area contributed by atoms with Gasteiger partial charge in [-0.3, -0.25) is 44.2 Å². The Labute approximate surface area is 403 Å². The SMILES string of the molecule is [2H]C1([2H])N(CC2CCN(c3ccc(-c4ccc5[nH]nc(-c6ccc(CNC(=O)c7nc(C(C)(C)C)no7)c(C)c6)c5c4)cc3)CC2)C([2H])([2H])C([2H])([2H])N(c2cc(F)c3c(c2)C(=O)N(C2CCC(=O)NC2=O)C3=O)C1([2H])[2H]. The predicted octanol–water partition coefficient (Wildman–Crippen LogP) is 6.39. The van der Waals surface area contributed by atoms with Crippen LogP contribution in [0, 0.1) is 18.7 Å². The molecule has 1 atom stereocenters. The van der Waals surface area contributed by atoms with Crippen molar-refractivity contribution in [3.05, 3.63) is 113 Å². The summed E-state index contributed by atoms with van der Waals surface area (Å²) in [5.74, 6) is -5.84. The second kappa shape index (κ2) is 17.8. The Morgan fingerprint density at radius 2 is 1.60 bits per heavy atom. The molecule has 68 heavy (non-hydrogen) atoms. The molecule has 4 aliphatic heterocycles. The summed E-state index contributed by atoms with van der Waals surface area (Å²) in [4.78, 5) is 71.6. The van der Waals surface area contributed by atoms with Crippen molar-refractivity contribution in [2.75, 3.05) is 55.4 Å². The molecule has 0 spiro atoms. The second-order valence-corrected chi connectivity index (χ2v) is 18.5. The average Bonchev–Trinajstić information content (AvgIpc) is 4.10. The molecule has 1 unspecified atom stereocenters. The summed E-state index contributed by atoms with van der Waals surface area (Å²) >= 11 is 0. The van der Waals surface area contributed by atoms with E-state index in [1.165, 1.54) is 0 Å². The van der Waals surface area contributed by atoms with E-state index in [2.05, 4.69) is 36.6 Å². The van der Waals surface area contributed by atoms with Gasteiger partial charge in [0.25, 0.3) is 11.8 Å². The molecule has 3 fully saturated rings. The van der Waals surface area contributed by atoms with Crippen LogP contribution in [0.3, 0.4) is 0 Å². The van der Waals surface area contributed by atoms with E-state index in [4.69, 9.17) is 15.5 Å². The van der Waals surface area contributed by atoms with E-state index in [1.807, 2.05) is 87.6 Å². The molecule has 16 nitrogen and oxygen atoms in total. The number of aromatic nitrogens is 4.